The predicted molar refractivity (Wildman–Crippen MR) is 128 cm³/mol. The minimum Gasteiger partial charge on any atom is -0.401 e. The molecule has 0 radical (unpaired) electrons. The molecule has 0 bridgehead atoms. The number of aromatic nitrogens is 5. The molecule has 3 aromatic rings. The molecule has 0 saturated carbocycles. The zero-order chi connectivity index (χ0) is 22.7. The maximum Gasteiger partial charge on any atom is 0.230 e. The van der Waals surface area contributed by atoms with Crippen LogP contribution >= 0.6 is 11.6 Å². The first kappa shape index (κ1) is 22.0. The lowest BCUT2D eigenvalue weighted by Crippen LogP contribution is -2.35. The normalized spacial score (nSPS) is 15.0. The van der Waals surface area contributed by atoms with Gasteiger partial charge >= 0.3 is 0 Å². The van der Waals surface area contributed by atoms with E-state index in [1.807, 2.05) is 25.3 Å². The molecule has 4 heterocycles. The molecule has 168 valence electrons. The van der Waals surface area contributed by atoms with Crippen molar-refractivity contribution in [1.82, 2.24) is 30.0 Å². The molecule has 32 heavy (non-hydrogen) atoms. The highest BCUT2D eigenvalue weighted by Crippen LogP contribution is 2.31. The lowest BCUT2D eigenvalue weighted by atomic mass is 9.88. The van der Waals surface area contributed by atoms with Crippen LogP contribution in [0.25, 0.3) is 0 Å². The van der Waals surface area contributed by atoms with Crippen LogP contribution in [0.1, 0.15) is 35.6 Å². The van der Waals surface area contributed by atoms with Crippen LogP contribution in [-0.2, 0) is 0 Å². The van der Waals surface area contributed by atoms with E-state index >= 15 is 0 Å². The lowest BCUT2D eigenvalue weighted by molar-refractivity contribution is 0.227. The van der Waals surface area contributed by atoms with Crippen LogP contribution in [-0.4, -0.2) is 49.7 Å². The summed E-state index contributed by atoms with van der Waals surface area (Å²) in [6.45, 7) is 10.7. The van der Waals surface area contributed by atoms with Gasteiger partial charge in [0.05, 0.1) is 6.20 Å². The minimum absolute atomic E-state index is 0.402. The smallest absolute Gasteiger partial charge is 0.230 e. The quantitative estimate of drug-likeness (QED) is 0.423. The fourth-order valence-electron chi connectivity index (χ4n) is 3.98. The predicted octanol–water partition coefficient (Wildman–Crippen LogP) is 4.00. The summed E-state index contributed by atoms with van der Waals surface area (Å²) in [4.78, 5) is 15.7. The van der Waals surface area contributed by atoms with Crippen LogP contribution in [0, 0.1) is 13.8 Å². The topological polar surface area (TPSA) is 121 Å². The third-order valence-corrected chi connectivity index (χ3v) is 5.82. The summed E-state index contributed by atoms with van der Waals surface area (Å²) < 4.78 is 0. The molecule has 4 rings (SSSR count). The van der Waals surface area contributed by atoms with Gasteiger partial charge in [0.1, 0.15) is 10.8 Å². The van der Waals surface area contributed by atoms with E-state index in [1.54, 1.807) is 6.20 Å². The number of aryl methyl sites for hydroxylation is 2. The Hall–Kier alpha value is -3.17. The Labute approximate surface area is 192 Å². The van der Waals surface area contributed by atoms with Gasteiger partial charge in [-0.3, -0.25) is 10.00 Å². The van der Waals surface area contributed by atoms with E-state index in [1.165, 1.54) is 11.1 Å². The molecule has 0 amide bonds. The number of pyridine rings is 1. The van der Waals surface area contributed by atoms with Crippen LogP contribution < -0.4 is 16.4 Å². The second kappa shape index (κ2) is 9.54. The number of hydrogen-bond donors (Lipinski definition) is 4. The first-order valence-corrected chi connectivity index (χ1v) is 11.0. The zero-order valence-corrected chi connectivity index (χ0v) is 19.1. The van der Waals surface area contributed by atoms with Crippen molar-refractivity contribution >= 4 is 35.0 Å². The van der Waals surface area contributed by atoms with E-state index in [0.717, 1.165) is 43.9 Å². The number of halogens is 1. The largest absolute Gasteiger partial charge is 0.401 e. The summed E-state index contributed by atoms with van der Waals surface area (Å²) in [5, 5.41) is 13.7. The number of nitrogens with one attached hydrogen (secondary N) is 3. The highest BCUT2D eigenvalue weighted by molar-refractivity contribution is 6.32. The number of rotatable bonds is 7. The highest BCUT2D eigenvalue weighted by Gasteiger charge is 2.22. The van der Waals surface area contributed by atoms with Gasteiger partial charge < -0.3 is 16.4 Å². The van der Waals surface area contributed by atoms with E-state index in [2.05, 4.69) is 54.2 Å². The molecular weight excluding hydrogens is 426 g/mol. The molecule has 0 aliphatic carbocycles. The Morgan fingerprint density at radius 2 is 1.97 bits per heavy atom. The van der Waals surface area contributed by atoms with Crippen molar-refractivity contribution in [2.75, 3.05) is 30.3 Å². The van der Waals surface area contributed by atoms with Crippen LogP contribution in [0.5, 0.6) is 0 Å². The van der Waals surface area contributed by atoms with E-state index in [4.69, 9.17) is 17.3 Å². The minimum atomic E-state index is 0.402. The average Bonchev–Trinajstić information content (AvgIpc) is 3.16. The summed E-state index contributed by atoms with van der Waals surface area (Å²) >= 11 is 6.24. The summed E-state index contributed by atoms with van der Waals surface area (Å²) in [6.07, 6.45) is 5.68. The third-order valence-electron chi connectivity index (χ3n) is 5.54. The Balaban J connectivity index is 1.43. The number of aromatic amines is 1. The van der Waals surface area contributed by atoms with Gasteiger partial charge in [-0.05, 0) is 62.9 Å². The molecule has 9 nitrogen and oxygen atoms in total. The van der Waals surface area contributed by atoms with Crippen LogP contribution in [0.15, 0.2) is 36.8 Å². The van der Waals surface area contributed by atoms with Gasteiger partial charge in [-0.15, -0.1) is 0 Å². The molecule has 0 atom stereocenters. The maximum absolute atomic E-state index is 6.24. The number of nitrogens with zero attached hydrogens (tertiary/aromatic N) is 5. The van der Waals surface area contributed by atoms with E-state index in [-0.39, 0.29) is 0 Å². The SMILES string of the molecule is C=C(N)CN1CCC(c2cnc(Nc3ncc(Cl)c(Nc4cc(C)[nH]n4)n3)cc2C)CC1. The van der Waals surface area contributed by atoms with Gasteiger partial charge in [0, 0.05) is 30.2 Å². The number of H-pyrrole nitrogens is 1. The zero-order valence-electron chi connectivity index (χ0n) is 18.3. The van der Waals surface area contributed by atoms with E-state index < -0.39 is 0 Å². The second-order valence-corrected chi connectivity index (χ2v) is 8.62. The summed E-state index contributed by atoms with van der Waals surface area (Å²) in [5.74, 6) is 2.69. The van der Waals surface area contributed by atoms with Crippen LogP contribution in [0.3, 0.4) is 0 Å². The number of piperidine rings is 1. The number of nitrogens with two attached hydrogens (primary N) is 1. The number of hydrogen-bond acceptors (Lipinski definition) is 8. The summed E-state index contributed by atoms with van der Waals surface area (Å²) in [7, 11) is 0. The van der Waals surface area contributed by atoms with Crippen molar-refractivity contribution in [3.8, 4) is 0 Å². The standard InChI is InChI=1S/C22H28ClN9/c1-13-8-19(25-10-17(13)16-4-6-32(7-5-16)12-14(2)24)28-22-26-11-18(23)21(29-22)27-20-9-15(3)30-31-20/h8-11,16H,2,4-7,12,24H2,1,3H3,(H3,25,26,27,28,29,30,31). The van der Waals surface area contributed by atoms with Gasteiger partial charge in [0.25, 0.3) is 0 Å². The van der Waals surface area contributed by atoms with Gasteiger partial charge in [-0.25, -0.2) is 9.97 Å². The monoisotopic (exact) mass is 453 g/mol. The Kier molecular flexibility index (Phi) is 6.57. The van der Waals surface area contributed by atoms with Gasteiger partial charge in [-0.1, -0.05) is 18.2 Å². The molecule has 1 saturated heterocycles. The van der Waals surface area contributed by atoms with Crippen molar-refractivity contribution in [2.45, 2.75) is 32.6 Å². The second-order valence-electron chi connectivity index (χ2n) is 8.21. The van der Waals surface area contributed by atoms with Gasteiger partial charge in [0.2, 0.25) is 5.95 Å². The van der Waals surface area contributed by atoms with Gasteiger partial charge in [-0.2, -0.15) is 10.1 Å². The maximum atomic E-state index is 6.24. The first-order chi connectivity index (χ1) is 15.4. The van der Waals surface area contributed by atoms with E-state index in [9.17, 15) is 0 Å². The van der Waals surface area contributed by atoms with Crippen molar-refractivity contribution in [2.24, 2.45) is 5.73 Å². The third kappa shape index (κ3) is 5.35. The first-order valence-electron chi connectivity index (χ1n) is 10.6. The van der Waals surface area contributed by atoms with Crippen LogP contribution in [0.2, 0.25) is 5.02 Å². The van der Waals surface area contributed by atoms with Crippen LogP contribution in [0.4, 0.5) is 23.4 Å². The van der Waals surface area contributed by atoms with Crippen molar-refractivity contribution in [3.05, 3.63) is 58.6 Å². The molecule has 0 unspecified atom stereocenters. The molecular formula is C22H28ClN9. The molecule has 3 aromatic heterocycles. The molecule has 1 aliphatic heterocycles. The van der Waals surface area contributed by atoms with Crippen molar-refractivity contribution < 1.29 is 0 Å². The molecule has 5 N–H and O–H groups in total. The fourth-order valence-corrected chi connectivity index (χ4v) is 4.12. The Bertz CT molecular complexity index is 1100. The molecule has 10 heteroatoms. The number of anilines is 4. The number of likely N-dealkylation sites (tertiary alicyclic amines) is 1. The molecule has 1 fully saturated rings. The molecule has 0 aromatic carbocycles. The molecule has 0 spiro atoms. The summed E-state index contributed by atoms with van der Waals surface area (Å²) in [6, 6.07) is 3.90. The Morgan fingerprint density at radius 1 is 1.19 bits per heavy atom. The summed E-state index contributed by atoms with van der Waals surface area (Å²) in [5.41, 5.74) is 9.89. The fraction of sp³-hybridized carbons (Fsp3) is 0.364. The van der Waals surface area contributed by atoms with Crippen molar-refractivity contribution in [1.29, 1.82) is 0 Å². The average molecular weight is 454 g/mol. The van der Waals surface area contributed by atoms with Gasteiger partial charge in [0.15, 0.2) is 11.6 Å². The van der Waals surface area contributed by atoms with E-state index in [0.29, 0.717) is 34.3 Å². The van der Waals surface area contributed by atoms with Crippen molar-refractivity contribution in [3.63, 3.8) is 0 Å². The molecule has 1 aliphatic rings. The highest BCUT2D eigenvalue weighted by atomic mass is 35.5. The lowest BCUT2D eigenvalue weighted by Gasteiger charge is -2.32. The Morgan fingerprint density at radius 3 is 2.62 bits per heavy atom.